The van der Waals surface area contributed by atoms with Gasteiger partial charge in [0.25, 0.3) is 0 Å². The number of aryl methyl sites for hydroxylation is 3. The van der Waals surface area contributed by atoms with E-state index in [0.29, 0.717) is 5.88 Å². The summed E-state index contributed by atoms with van der Waals surface area (Å²) in [5.74, 6) is 0.198. The van der Waals surface area contributed by atoms with E-state index in [1.54, 1.807) is 19.2 Å². The van der Waals surface area contributed by atoms with Crippen LogP contribution >= 0.6 is 11.8 Å². The van der Waals surface area contributed by atoms with Gasteiger partial charge in [-0.15, -0.1) is 0 Å². The molecule has 2 heterocycles. The third-order valence-electron chi connectivity index (χ3n) is 3.62. The minimum atomic E-state index is -0.336. The van der Waals surface area contributed by atoms with Crippen molar-refractivity contribution in [3.63, 3.8) is 0 Å². The van der Waals surface area contributed by atoms with Crippen molar-refractivity contribution in [1.82, 2.24) is 14.7 Å². The topological polar surface area (TPSA) is 73.0 Å². The molecular formula is C18H20N4O2S. The van der Waals surface area contributed by atoms with Gasteiger partial charge in [0, 0.05) is 24.1 Å². The van der Waals surface area contributed by atoms with E-state index in [1.165, 1.54) is 22.9 Å². The van der Waals surface area contributed by atoms with Crippen LogP contribution in [-0.4, -0.2) is 25.9 Å². The lowest BCUT2D eigenvalue weighted by Gasteiger charge is -2.13. The maximum atomic E-state index is 12.3. The van der Waals surface area contributed by atoms with Gasteiger partial charge in [-0.25, -0.2) is 4.98 Å². The zero-order valence-corrected chi connectivity index (χ0v) is 15.4. The van der Waals surface area contributed by atoms with E-state index < -0.39 is 0 Å². The number of hydrogen-bond acceptors (Lipinski definition) is 5. The smallest absolute Gasteiger partial charge is 0.240 e. The number of aromatic nitrogens is 3. The van der Waals surface area contributed by atoms with Crippen molar-refractivity contribution in [2.24, 2.45) is 0 Å². The zero-order chi connectivity index (χ0) is 18.0. The van der Waals surface area contributed by atoms with Crippen molar-refractivity contribution >= 4 is 23.6 Å². The van der Waals surface area contributed by atoms with Crippen LogP contribution < -0.4 is 5.32 Å². The molecule has 1 N–H and O–H groups in total. The summed E-state index contributed by atoms with van der Waals surface area (Å²) in [6.07, 6.45) is 3.64. The SMILES string of the molecule is Cc1cc(C)cc(-n2ccnc2SC(C)C(=O)Nc2cc(C)no2)c1. The Morgan fingerprint density at radius 3 is 2.56 bits per heavy atom. The van der Waals surface area contributed by atoms with Gasteiger partial charge in [0.1, 0.15) is 0 Å². The summed E-state index contributed by atoms with van der Waals surface area (Å²) in [5, 5.41) is 6.92. The molecule has 0 fully saturated rings. The standard InChI is InChI=1S/C18H20N4O2S/c1-11-7-12(2)9-15(8-11)22-6-5-19-18(22)25-14(4)17(23)20-16-10-13(3)21-24-16/h5-10,14H,1-4H3,(H,20,23). The highest BCUT2D eigenvalue weighted by Crippen LogP contribution is 2.26. The molecule has 3 aromatic rings. The van der Waals surface area contributed by atoms with Crippen molar-refractivity contribution in [3.05, 3.63) is 53.5 Å². The van der Waals surface area contributed by atoms with Crippen LogP contribution in [0.4, 0.5) is 5.88 Å². The summed E-state index contributed by atoms with van der Waals surface area (Å²) in [6, 6.07) is 8.01. The van der Waals surface area contributed by atoms with Crippen molar-refractivity contribution in [3.8, 4) is 5.69 Å². The lowest BCUT2D eigenvalue weighted by atomic mass is 10.1. The molecule has 6 nitrogen and oxygen atoms in total. The number of thioether (sulfide) groups is 1. The summed E-state index contributed by atoms with van der Waals surface area (Å²) in [4.78, 5) is 16.7. The Hall–Kier alpha value is -2.54. The lowest BCUT2D eigenvalue weighted by molar-refractivity contribution is -0.115. The van der Waals surface area contributed by atoms with Gasteiger partial charge in [-0.3, -0.25) is 14.7 Å². The molecule has 0 saturated heterocycles. The Labute approximate surface area is 150 Å². The minimum Gasteiger partial charge on any atom is -0.338 e. The predicted molar refractivity (Wildman–Crippen MR) is 98.2 cm³/mol. The summed E-state index contributed by atoms with van der Waals surface area (Å²) in [5.41, 5.74) is 4.13. The Morgan fingerprint density at radius 2 is 1.92 bits per heavy atom. The van der Waals surface area contributed by atoms with Crippen LogP contribution in [0, 0.1) is 20.8 Å². The molecule has 0 aliphatic heterocycles. The summed E-state index contributed by atoms with van der Waals surface area (Å²) in [7, 11) is 0. The Bertz CT molecular complexity index is 880. The fourth-order valence-corrected chi connectivity index (χ4v) is 3.40. The number of nitrogens with zero attached hydrogens (tertiary/aromatic N) is 3. The molecule has 1 amide bonds. The van der Waals surface area contributed by atoms with Gasteiger partial charge < -0.3 is 4.52 Å². The summed E-state index contributed by atoms with van der Waals surface area (Å²) < 4.78 is 7.02. The number of rotatable bonds is 5. The molecule has 0 bridgehead atoms. The first-order valence-corrected chi connectivity index (χ1v) is 8.83. The van der Waals surface area contributed by atoms with Crippen LogP contribution in [0.5, 0.6) is 0 Å². The molecule has 1 atom stereocenters. The van der Waals surface area contributed by atoms with Crippen LogP contribution in [0.3, 0.4) is 0 Å². The van der Waals surface area contributed by atoms with Gasteiger partial charge in [0.05, 0.1) is 10.9 Å². The van der Waals surface area contributed by atoms with Gasteiger partial charge in [-0.2, -0.15) is 0 Å². The second-order valence-corrected chi connectivity index (χ2v) is 7.32. The van der Waals surface area contributed by atoms with Crippen LogP contribution in [0.2, 0.25) is 0 Å². The Kier molecular flexibility index (Phi) is 4.94. The molecule has 0 aliphatic carbocycles. The first kappa shape index (κ1) is 17.3. The highest BCUT2D eigenvalue weighted by atomic mass is 32.2. The summed E-state index contributed by atoms with van der Waals surface area (Å²) in [6.45, 7) is 7.77. The highest BCUT2D eigenvalue weighted by Gasteiger charge is 2.19. The largest absolute Gasteiger partial charge is 0.338 e. The van der Waals surface area contributed by atoms with E-state index in [4.69, 9.17) is 4.52 Å². The molecule has 1 aromatic carbocycles. The quantitative estimate of drug-likeness (QED) is 0.702. The van der Waals surface area contributed by atoms with Gasteiger partial charge in [-0.05, 0) is 51.0 Å². The number of nitrogens with one attached hydrogen (secondary N) is 1. The molecular weight excluding hydrogens is 336 g/mol. The molecule has 7 heteroatoms. The van der Waals surface area contributed by atoms with Gasteiger partial charge in [0.2, 0.25) is 11.8 Å². The molecule has 0 spiro atoms. The maximum absolute atomic E-state index is 12.3. The Balaban J connectivity index is 1.75. The normalized spacial score (nSPS) is 12.2. The highest BCUT2D eigenvalue weighted by molar-refractivity contribution is 8.00. The molecule has 0 aliphatic rings. The Morgan fingerprint density at radius 1 is 1.20 bits per heavy atom. The molecule has 0 radical (unpaired) electrons. The third kappa shape index (κ3) is 4.11. The van der Waals surface area contributed by atoms with Crippen molar-refractivity contribution in [2.45, 2.75) is 38.1 Å². The molecule has 3 rings (SSSR count). The number of hydrogen-bond donors (Lipinski definition) is 1. The van der Waals surface area contributed by atoms with Crippen LogP contribution in [0.25, 0.3) is 5.69 Å². The van der Waals surface area contributed by atoms with E-state index in [0.717, 1.165) is 16.5 Å². The van der Waals surface area contributed by atoms with E-state index in [2.05, 4.69) is 47.5 Å². The van der Waals surface area contributed by atoms with E-state index in [-0.39, 0.29) is 11.2 Å². The number of anilines is 1. The average molecular weight is 356 g/mol. The zero-order valence-electron chi connectivity index (χ0n) is 14.6. The molecule has 0 saturated carbocycles. The number of amides is 1. The maximum Gasteiger partial charge on any atom is 0.240 e. The van der Waals surface area contributed by atoms with E-state index in [9.17, 15) is 4.79 Å². The third-order valence-corrected chi connectivity index (χ3v) is 4.70. The van der Waals surface area contributed by atoms with Crippen molar-refractivity contribution in [1.29, 1.82) is 0 Å². The number of carbonyl (C=O) groups is 1. The fourth-order valence-electron chi connectivity index (χ4n) is 2.52. The van der Waals surface area contributed by atoms with Crippen LogP contribution in [-0.2, 0) is 4.79 Å². The van der Waals surface area contributed by atoms with Gasteiger partial charge in [0.15, 0.2) is 5.16 Å². The number of imidazole rings is 1. The second kappa shape index (κ2) is 7.14. The van der Waals surface area contributed by atoms with Gasteiger partial charge in [-0.1, -0.05) is 23.0 Å². The van der Waals surface area contributed by atoms with Gasteiger partial charge >= 0.3 is 0 Å². The molecule has 1 unspecified atom stereocenters. The lowest BCUT2D eigenvalue weighted by Crippen LogP contribution is -2.22. The minimum absolute atomic E-state index is 0.156. The first-order valence-electron chi connectivity index (χ1n) is 7.95. The van der Waals surface area contributed by atoms with Crippen LogP contribution in [0.15, 0.2) is 46.3 Å². The average Bonchev–Trinajstić information content (AvgIpc) is 3.15. The fraction of sp³-hybridized carbons (Fsp3) is 0.278. The number of benzene rings is 1. The summed E-state index contributed by atoms with van der Waals surface area (Å²) >= 11 is 1.40. The van der Waals surface area contributed by atoms with Crippen molar-refractivity contribution < 1.29 is 9.32 Å². The molecule has 2 aromatic heterocycles. The first-order chi connectivity index (χ1) is 11.9. The van der Waals surface area contributed by atoms with E-state index >= 15 is 0 Å². The molecule has 25 heavy (non-hydrogen) atoms. The monoisotopic (exact) mass is 356 g/mol. The molecule has 130 valence electrons. The van der Waals surface area contributed by atoms with E-state index in [1.807, 2.05) is 17.7 Å². The predicted octanol–water partition coefficient (Wildman–Crippen LogP) is 3.90. The van der Waals surface area contributed by atoms with Crippen LogP contribution in [0.1, 0.15) is 23.7 Å². The number of carbonyl (C=O) groups excluding carboxylic acids is 1. The second-order valence-electron chi connectivity index (χ2n) is 6.01. The van der Waals surface area contributed by atoms with Crippen molar-refractivity contribution in [2.75, 3.05) is 5.32 Å².